The zero-order valence-electron chi connectivity index (χ0n) is 11.0. The molecule has 2 unspecified atom stereocenters. The predicted octanol–water partition coefficient (Wildman–Crippen LogP) is 2.39. The first kappa shape index (κ1) is 14.1. The summed E-state index contributed by atoms with van der Waals surface area (Å²) in [5.74, 6) is -1.76. The van der Waals surface area contributed by atoms with Crippen LogP contribution in [0.1, 0.15) is 31.2 Å². The third-order valence-electron chi connectivity index (χ3n) is 3.70. The van der Waals surface area contributed by atoms with Crippen molar-refractivity contribution in [2.24, 2.45) is 11.8 Å². The normalized spacial score (nSPS) is 21.8. The van der Waals surface area contributed by atoms with Gasteiger partial charge in [0.25, 0.3) is 0 Å². The van der Waals surface area contributed by atoms with Crippen molar-refractivity contribution in [3.63, 3.8) is 0 Å². The number of carboxylic acid groups (broad SMARTS) is 1. The molecule has 1 aromatic carbocycles. The van der Waals surface area contributed by atoms with E-state index in [4.69, 9.17) is 10.4 Å². The second-order valence-electron chi connectivity index (χ2n) is 5.05. The number of hydrogen-bond acceptors (Lipinski definition) is 3. The highest BCUT2D eigenvalue weighted by atomic mass is 16.4. The molecular weight excluding hydrogens is 256 g/mol. The van der Waals surface area contributed by atoms with Crippen LogP contribution in [0.5, 0.6) is 0 Å². The zero-order valence-corrected chi connectivity index (χ0v) is 11.0. The van der Waals surface area contributed by atoms with E-state index in [2.05, 4.69) is 5.32 Å². The number of carbonyl (C=O) groups is 2. The van der Waals surface area contributed by atoms with Gasteiger partial charge in [0.05, 0.1) is 17.2 Å². The van der Waals surface area contributed by atoms with E-state index in [9.17, 15) is 9.59 Å². The van der Waals surface area contributed by atoms with Crippen molar-refractivity contribution in [3.05, 3.63) is 29.8 Å². The van der Waals surface area contributed by atoms with Gasteiger partial charge in [-0.15, -0.1) is 0 Å². The van der Waals surface area contributed by atoms with E-state index in [1.165, 1.54) is 0 Å². The molecule has 5 nitrogen and oxygen atoms in total. The van der Waals surface area contributed by atoms with Crippen molar-refractivity contribution in [2.75, 3.05) is 5.32 Å². The van der Waals surface area contributed by atoms with Gasteiger partial charge in [0, 0.05) is 5.92 Å². The van der Waals surface area contributed by atoms with Crippen LogP contribution < -0.4 is 5.32 Å². The molecule has 1 aliphatic carbocycles. The molecule has 0 aromatic heterocycles. The van der Waals surface area contributed by atoms with Gasteiger partial charge >= 0.3 is 5.97 Å². The molecule has 0 bridgehead atoms. The summed E-state index contributed by atoms with van der Waals surface area (Å²) in [7, 11) is 0. The fraction of sp³-hybridized carbons (Fsp3) is 0.400. The van der Waals surface area contributed by atoms with Gasteiger partial charge in [0.1, 0.15) is 6.07 Å². The van der Waals surface area contributed by atoms with Crippen molar-refractivity contribution >= 4 is 17.6 Å². The van der Waals surface area contributed by atoms with Crippen molar-refractivity contribution in [1.82, 2.24) is 0 Å². The number of nitrogens with one attached hydrogen (secondary N) is 1. The fourth-order valence-electron chi connectivity index (χ4n) is 2.58. The van der Waals surface area contributed by atoms with Gasteiger partial charge in [-0.2, -0.15) is 5.26 Å². The second kappa shape index (κ2) is 6.20. The Bertz CT molecular complexity index is 562. The Morgan fingerprint density at radius 3 is 2.65 bits per heavy atom. The van der Waals surface area contributed by atoms with Gasteiger partial charge in [-0.3, -0.25) is 9.59 Å². The Morgan fingerprint density at radius 2 is 1.95 bits per heavy atom. The molecule has 1 aliphatic rings. The van der Waals surface area contributed by atoms with E-state index in [0.717, 1.165) is 6.42 Å². The first-order valence-corrected chi connectivity index (χ1v) is 6.64. The Morgan fingerprint density at radius 1 is 1.25 bits per heavy atom. The summed E-state index contributed by atoms with van der Waals surface area (Å²) in [4.78, 5) is 23.2. The van der Waals surface area contributed by atoms with Crippen LogP contribution in [-0.4, -0.2) is 17.0 Å². The number of aliphatic carboxylic acids is 1. The average molecular weight is 272 g/mol. The second-order valence-corrected chi connectivity index (χ2v) is 5.05. The lowest BCUT2D eigenvalue weighted by Crippen LogP contribution is -2.31. The number of nitrogens with zero attached hydrogens (tertiary/aromatic N) is 1. The first-order chi connectivity index (χ1) is 9.61. The van der Waals surface area contributed by atoms with Gasteiger partial charge in [0.2, 0.25) is 5.91 Å². The molecule has 1 amide bonds. The van der Waals surface area contributed by atoms with Crippen LogP contribution >= 0.6 is 0 Å². The number of benzene rings is 1. The number of para-hydroxylation sites is 1. The van der Waals surface area contributed by atoms with Crippen molar-refractivity contribution in [3.8, 4) is 6.07 Å². The lowest BCUT2D eigenvalue weighted by atomic mass is 9.81. The van der Waals surface area contributed by atoms with E-state index in [0.29, 0.717) is 30.5 Å². The maximum absolute atomic E-state index is 12.2. The number of anilines is 1. The highest BCUT2D eigenvalue weighted by Gasteiger charge is 2.31. The Labute approximate surface area is 117 Å². The van der Waals surface area contributed by atoms with Crippen LogP contribution in [0.4, 0.5) is 5.69 Å². The molecule has 2 atom stereocenters. The maximum atomic E-state index is 12.2. The zero-order chi connectivity index (χ0) is 14.5. The van der Waals surface area contributed by atoms with Crippen LogP contribution in [0, 0.1) is 23.2 Å². The molecule has 5 heteroatoms. The molecule has 2 N–H and O–H groups in total. The van der Waals surface area contributed by atoms with Gasteiger partial charge in [-0.05, 0) is 31.4 Å². The van der Waals surface area contributed by atoms with Crippen LogP contribution in [-0.2, 0) is 9.59 Å². The average Bonchev–Trinajstić information content (AvgIpc) is 2.48. The topological polar surface area (TPSA) is 90.2 Å². The standard InChI is InChI=1S/C15H16N2O3/c16-9-12-4-1-2-7-13(12)17-14(18)10-5-3-6-11(8-10)15(19)20/h1-2,4,7,10-11H,3,5-6,8H2,(H,17,18)(H,19,20). The minimum Gasteiger partial charge on any atom is -0.481 e. The van der Waals surface area contributed by atoms with Gasteiger partial charge in [-0.1, -0.05) is 18.6 Å². The SMILES string of the molecule is N#Cc1ccccc1NC(=O)C1CCCC(C(=O)O)C1. The molecule has 0 aliphatic heterocycles. The number of carboxylic acids is 1. The summed E-state index contributed by atoms with van der Waals surface area (Å²) in [6, 6.07) is 8.81. The summed E-state index contributed by atoms with van der Waals surface area (Å²) in [5, 5.41) is 20.7. The molecular formula is C15H16N2O3. The minimum atomic E-state index is -0.833. The van der Waals surface area contributed by atoms with Crippen molar-refractivity contribution in [1.29, 1.82) is 5.26 Å². The van der Waals surface area contributed by atoms with Crippen LogP contribution in [0.2, 0.25) is 0 Å². The van der Waals surface area contributed by atoms with Gasteiger partial charge in [0.15, 0.2) is 0 Å². The van der Waals surface area contributed by atoms with E-state index in [1.54, 1.807) is 24.3 Å². The van der Waals surface area contributed by atoms with E-state index < -0.39 is 11.9 Å². The maximum Gasteiger partial charge on any atom is 0.306 e. The molecule has 0 saturated heterocycles. The monoisotopic (exact) mass is 272 g/mol. The lowest BCUT2D eigenvalue weighted by Gasteiger charge is -2.25. The molecule has 0 radical (unpaired) electrons. The summed E-state index contributed by atoms with van der Waals surface area (Å²) < 4.78 is 0. The highest BCUT2D eigenvalue weighted by molar-refractivity contribution is 5.94. The van der Waals surface area contributed by atoms with E-state index >= 15 is 0 Å². The molecule has 1 aromatic rings. The molecule has 1 fully saturated rings. The third kappa shape index (κ3) is 3.15. The summed E-state index contributed by atoms with van der Waals surface area (Å²) in [6.45, 7) is 0. The Hall–Kier alpha value is -2.35. The highest BCUT2D eigenvalue weighted by Crippen LogP contribution is 2.30. The van der Waals surface area contributed by atoms with Crippen LogP contribution in [0.3, 0.4) is 0 Å². The number of nitriles is 1. The van der Waals surface area contributed by atoms with E-state index in [1.807, 2.05) is 6.07 Å². The van der Waals surface area contributed by atoms with Crippen molar-refractivity contribution in [2.45, 2.75) is 25.7 Å². The minimum absolute atomic E-state index is 0.196. The lowest BCUT2D eigenvalue weighted by molar-refractivity contribution is -0.143. The van der Waals surface area contributed by atoms with Crippen LogP contribution in [0.25, 0.3) is 0 Å². The molecule has 2 rings (SSSR count). The third-order valence-corrected chi connectivity index (χ3v) is 3.70. The number of amides is 1. The van der Waals surface area contributed by atoms with E-state index in [-0.39, 0.29) is 11.8 Å². The summed E-state index contributed by atoms with van der Waals surface area (Å²) >= 11 is 0. The number of rotatable bonds is 3. The number of hydrogen-bond donors (Lipinski definition) is 2. The predicted molar refractivity (Wildman–Crippen MR) is 72.9 cm³/mol. The van der Waals surface area contributed by atoms with Crippen molar-refractivity contribution < 1.29 is 14.7 Å². The molecule has 1 saturated carbocycles. The smallest absolute Gasteiger partial charge is 0.306 e. The molecule has 0 heterocycles. The molecule has 20 heavy (non-hydrogen) atoms. The molecule has 0 spiro atoms. The number of carbonyl (C=O) groups excluding carboxylic acids is 1. The Kier molecular flexibility index (Phi) is 4.36. The van der Waals surface area contributed by atoms with Crippen LogP contribution in [0.15, 0.2) is 24.3 Å². The van der Waals surface area contributed by atoms with Gasteiger partial charge < -0.3 is 10.4 Å². The Balaban J connectivity index is 2.05. The van der Waals surface area contributed by atoms with Gasteiger partial charge in [-0.25, -0.2) is 0 Å². The summed E-state index contributed by atoms with van der Waals surface area (Å²) in [5.41, 5.74) is 0.892. The summed E-state index contributed by atoms with van der Waals surface area (Å²) in [6.07, 6.45) is 2.45. The molecule has 104 valence electrons. The largest absolute Gasteiger partial charge is 0.481 e. The fourth-order valence-corrected chi connectivity index (χ4v) is 2.58. The first-order valence-electron chi connectivity index (χ1n) is 6.64. The quantitative estimate of drug-likeness (QED) is 0.884.